The van der Waals surface area contributed by atoms with Crippen LogP contribution >= 0.6 is 0 Å². The van der Waals surface area contributed by atoms with Crippen molar-refractivity contribution in [3.8, 4) is 0 Å². The summed E-state index contributed by atoms with van der Waals surface area (Å²) >= 11 is 0. The second kappa shape index (κ2) is 4.29. The van der Waals surface area contributed by atoms with E-state index in [0.717, 1.165) is 24.6 Å². The molecule has 86 valence electrons. The average molecular weight is 226 g/mol. The van der Waals surface area contributed by atoms with E-state index in [0.29, 0.717) is 6.61 Å². The minimum absolute atomic E-state index is 0.0382. The number of Topliss-reactive ketones (excluding diaryl/α,β-unsaturated/α-hetero) is 1. The van der Waals surface area contributed by atoms with Gasteiger partial charge in [0.2, 0.25) is 0 Å². The van der Waals surface area contributed by atoms with Crippen LogP contribution in [0.2, 0.25) is 0 Å². The summed E-state index contributed by atoms with van der Waals surface area (Å²) < 4.78 is 31.1. The van der Waals surface area contributed by atoms with Crippen molar-refractivity contribution < 1.29 is 18.3 Å². The van der Waals surface area contributed by atoms with Gasteiger partial charge in [-0.1, -0.05) is 6.92 Å². The maximum atomic E-state index is 12.9. The summed E-state index contributed by atoms with van der Waals surface area (Å²) in [5.74, 6) is -1.73. The standard InChI is InChI=1S/C12H12F2O2/c1-7-2-3-16-12(7)11(15)8-4-9(13)6-10(14)5-8/h4-7,12H,2-3H2,1H3. The Balaban J connectivity index is 2.26. The lowest BCUT2D eigenvalue weighted by Gasteiger charge is -2.13. The lowest BCUT2D eigenvalue weighted by atomic mass is 9.96. The molecule has 0 bridgehead atoms. The largest absolute Gasteiger partial charge is 0.370 e. The van der Waals surface area contributed by atoms with Crippen molar-refractivity contribution >= 4 is 5.78 Å². The smallest absolute Gasteiger partial charge is 0.192 e. The fourth-order valence-electron chi connectivity index (χ4n) is 1.89. The van der Waals surface area contributed by atoms with Gasteiger partial charge in [0.25, 0.3) is 0 Å². The molecule has 0 spiro atoms. The Kier molecular flexibility index (Phi) is 3.01. The van der Waals surface area contributed by atoms with Gasteiger partial charge in [-0.25, -0.2) is 8.78 Å². The van der Waals surface area contributed by atoms with Crippen molar-refractivity contribution in [3.05, 3.63) is 35.4 Å². The SMILES string of the molecule is CC1CCOC1C(=O)c1cc(F)cc(F)c1. The van der Waals surface area contributed by atoms with Crippen molar-refractivity contribution in [1.82, 2.24) is 0 Å². The molecule has 0 N–H and O–H groups in total. The molecule has 2 unspecified atom stereocenters. The fraction of sp³-hybridized carbons (Fsp3) is 0.417. The molecular formula is C12H12F2O2. The first-order chi connectivity index (χ1) is 7.58. The van der Waals surface area contributed by atoms with Crippen molar-refractivity contribution in [2.24, 2.45) is 5.92 Å². The Bertz CT molecular complexity index is 397. The Morgan fingerprint density at radius 1 is 1.31 bits per heavy atom. The molecule has 2 nitrogen and oxygen atoms in total. The highest BCUT2D eigenvalue weighted by Crippen LogP contribution is 2.24. The molecule has 0 radical (unpaired) electrons. The molecule has 0 saturated carbocycles. The predicted molar refractivity (Wildman–Crippen MR) is 54.2 cm³/mol. The maximum absolute atomic E-state index is 12.9. The zero-order valence-electron chi connectivity index (χ0n) is 8.87. The Morgan fingerprint density at radius 3 is 2.44 bits per heavy atom. The van der Waals surface area contributed by atoms with E-state index in [4.69, 9.17) is 4.74 Å². The molecule has 16 heavy (non-hydrogen) atoms. The van der Waals surface area contributed by atoms with Gasteiger partial charge in [0, 0.05) is 18.2 Å². The van der Waals surface area contributed by atoms with Gasteiger partial charge in [-0.3, -0.25) is 4.79 Å². The van der Waals surface area contributed by atoms with Crippen molar-refractivity contribution in [3.63, 3.8) is 0 Å². The van der Waals surface area contributed by atoms with Crippen LogP contribution in [0.3, 0.4) is 0 Å². The molecule has 1 aromatic rings. The summed E-state index contributed by atoms with van der Waals surface area (Å²) in [6.45, 7) is 2.42. The van der Waals surface area contributed by atoms with E-state index in [1.54, 1.807) is 0 Å². The van der Waals surface area contributed by atoms with Gasteiger partial charge in [0.15, 0.2) is 5.78 Å². The molecule has 1 aliphatic rings. The van der Waals surface area contributed by atoms with Gasteiger partial charge in [-0.2, -0.15) is 0 Å². The molecule has 2 atom stereocenters. The third-order valence-electron chi connectivity index (χ3n) is 2.79. The Morgan fingerprint density at radius 2 is 1.94 bits per heavy atom. The van der Waals surface area contributed by atoms with E-state index in [2.05, 4.69) is 0 Å². The highest BCUT2D eigenvalue weighted by molar-refractivity contribution is 5.99. The molecule has 4 heteroatoms. The van der Waals surface area contributed by atoms with Crippen LogP contribution in [0.5, 0.6) is 0 Å². The second-order valence-electron chi connectivity index (χ2n) is 4.08. The van der Waals surface area contributed by atoms with Crippen molar-refractivity contribution in [2.75, 3.05) is 6.61 Å². The van der Waals surface area contributed by atoms with E-state index >= 15 is 0 Å². The maximum Gasteiger partial charge on any atom is 0.192 e. The lowest BCUT2D eigenvalue weighted by molar-refractivity contribution is 0.0578. The van der Waals surface area contributed by atoms with Crippen LogP contribution in [0.25, 0.3) is 0 Å². The van der Waals surface area contributed by atoms with Gasteiger partial charge in [-0.15, -0.1) is 0 Å². The molecule has 1 fully saturated rings. The summed E-state index contributed by atoms with van der Waals surface area (Å²) in [4.78, 5) is 11.9. The molecular weight excluding hydrogens is 214 g/mol. The van der Waals surface area contributed by atoms with E-state index in [1.807, 2.05) is 6.92 Å². The first kappa shape index (κ1) is 11.2. The summed E-state index contributed by atoms with van der Waals surface area (Å²) in [5.41, 5.74) is 0.0382. The van der Waals surface area contributed by atoms with Crippen LogP contribution in [-0.4, -0.2) is 18.5 Å². The van der Waals surface area contributed by atoms with E-state index in [-0.39, 0.29) is 17.3 Å². The summed E-state index contributed by atoms with van der Waals surface area (Å²) in [6.07, 6.45) is 0.231. The number of halogens is 2. The molecule has 1 aromatic carbocycles. The normalized spacial score (nSPS) is 24.7. The Hall–Kier alpha value is -1.29. The molecule has 1 saturated heterocycles. The first-order valence-corrected chi connectivity index (χ1v) is 5.20. The van der Waals surface area contributed by atoms with Gasteiger partial charge in [-0.05, 0) is 24.5 Å². The molecule has 2 rings (SSSR count). The van der Waals surface area contributed by atoms with Gasteiger partial charge >= 0.3 is 0 Å². The monoisotopic (exact) mass is 226 g/mol. The summed E-state index contributed by atoms with van der Waals surface area (Å²) in [6, 6.07) is 2.83. The van der Waals surface area contributed by atoms with E-state index in [9.17, 15) is 13.6 Å². The number of ketones is 1. The van der Waals surface area contributed by atoms with E-state index in [1.165, 1.54) is 0 Å². The molecule has 1 aliphatic heterocycles. The number of benzene rings is 1. The van der Waals surface area contributed by atoms with Crippen LogP contribution < -0.4 is 0 Å². The highest BCUT2D eigenvalue weighted by Gasteiger charge is 2.31. The minimum Gasteiger partial charge on any atom is -0.370 e. The topological polar surface area (TPSA) is 26.3 Å². The third kappa shape index (κ3) is 2.11. The van der Waals surface area contributed by atoms with Gasteiger partial charge in [0.05, 0.1) is 0 Å². The number of hydrogen-bond acceptors (Lipinski definition) is 2. The van der Waals surface area contributed by atoms with Crippen LogP contribution in [0.4, 0.5) is 8.78 Å². The van der Waals surface area contributed by atoms with Crippen LogP contribution in [-0.2, 0) is 4.74 Å². The van der Waals surface area contributed by atoms with Crippen molar-refractivity contribution in [1.29, 1.82) is 0 Å². The molecule has 1 heterocycles. The predicted octanol–water partition coefficient (Wildman–Crippen LogP) is 2.57. The van der Waals surface area contributed by atoms with Crippen LogP contribution in [0.15, 0.2) is 18.2 Å². The zero-order valence-corrected chi connectivity index (χ0v) is 8.87. The van der Waals surface area contributed by atoms with Crippen LogP contribution in [0.1, 0.15) is 23.7 Å². The quantitative estimate of drug-likeness (QED) is 0.724. The highest BCUT2D eigenvalue weighted by atomic mass is 19.1. The van der Waals surface area contributed by atoms with Gasteiger partial charge < -0.3 is 4.74 Å². The van der Waals surface area contributed by atoms with Gasteiger partial charge in [0.1, 0.15) is 17.7 Å². The summed E-state index contributed by atoms with van der Waals surface area (Å²) in [7, 11) is 0. The second-order valence-corrected chi connectivity index (χ2v) is 4.08. The number of rotatable bonds is 2. The third-order valence-corrected chi connectivity index (χ3v) is 2.79. The molecule has 0 aromatic heterocycles. The number of carbonyl (C=O) groups excluding carboxylic acids is 1. The minimum atomic E-state index is -0.742. The fourth-order valence-corrected chi connectivity index (χ4v) is 1.89. The Labute approximate surface area is 92.2 Å². The number of ether oxygens (including phenoxy) is 1. The number of hydrogen-bond donors (Lipinski definition) is 0. The average Bonchev–Trinajstić information content (AvgIpc) is 2.62. The van der Waals surface area contributed by atoms with Crippen molar-refractivity contribution in [2.45, 2.75) is 19.4 Å². The molecule has 0 aliphatic carbocycles. The van der Waals surface area contributed by atoms with Crippen LogP contribution in [0, 0.1) is 17.6 Å². The first-order valence-electron chi connectivity index (χ1n) is 5.20. The lowest BCUT2D eigenvalue weighted by Crippen LogP contribution is -2.25. The summed E-state index contributed by atoms with van der Waals surface area (Å²) in [5, 5.41) is 0. The number of carbonyl (C=O) groups is 1. The molecule has 0 amide bonds. The van der Waals surface area contributed by atoms with E-state index < -0.39 is 17.7 Å². The zero-order chi connectivity index (χ0) is 11.7.